The predicted octanol–water partition coefficient (Wildman–Crippen LogP) is 2.08. The number of hydrogen-bond donors (Lipinski definition) is 2. The molecule has 2 N–H and O–H groups in total. The molecule has 3 unspecified atom stereocenters. The summed E-state index contributed by atoms with van der Waals surface area (Å²) in [6.07, 6.45) is 0.0758. The van der Waals surface area contributed by atoms with Gasteiger partial charge in [-0.3, -0.25) is 4.79 Å². The lowest BCUT2D eigenvalue weighted by Gasteiger charge is -2.23. The van der Waals surface area contributed by atoms with Crippen molar-refractivity contribution in [1.29, 1.82) is 0 Å². The summed E-state index contributed by atoms with van der Waals surface area (Å²) < 4.78 is 10.5. The molecule has 0 spiro atoms. The Balaban J connectivity index is 2.69. The molecule has 0 heterocycles. The van der Waals surface area contributed by atoms with Gasteiger partial charge in [0, 0.05) is 0 Å². The highest BCUT2D eigenvalue weighted by Gasteiger charge is 2.29. The molecule has 0 aliphatic heterocycles. The van der Waals surface area contributed by atoms with Crippen LogP contribution in [0.5, 0.6) is 0 Å². The van der Waals surface area contributed by atoms with E-state index in [1.807, 2.05) is 25.1 Å². The van der Waals surface area contributed by atoms with Gasteiger partial charge >= 0.3 is 5.97 Å². The van der Waals surface area contributed by atoms with E-state index < -0.39 is 18.0 Å². The van der Waals surface area contributed by atoms with Crippen molar-refractivity contribution >= 4 is 5.97 Å². The highest BCUT2D eigenvalue weighted by atomic mass is 16.5. The second-order valence-electron chi connectivity index (χ2n) is 5.20. The number of benzene rings is 1. The van der Waals surface area contributed by atoms with Crippen LogP contribution in [0.4, 0.5) is 0 Å². The van der Waals surface area contributed by atoms with Crippen molar-refractivity contribution in [3.63, 3.8) is 0 Å². The Bertz CT molecular complexity index is 420. The van der Waals surface area contributed by atoms with Crippen LogP contribution in [0.15, 0.2) is 30.3 Å². The molecule has 0 aromatic heterocycles. The number of carbonyl (C=O) groups is 1. The van der Waals surface area contributed by atoms with Gasteiger partial charge in [0.15, 0.2) is 0 Å². The molecule has 0 bridgehead atoms. The van der Waals surface area contributed by atoms with E-state index in [4.69, 9.17) is 14.6 Å². The third-order valence-corrected chi connectivity index (χ3v) is 3.49. The van der Waals surface area contributed by atoms with E-state index in [9.17, 15) is 9.90 Å². The summed E-state index contributed by atoms with van der Waals surface area (Å²) in [7, 11) is 0. The van der Waals surface area contributed by atoms with Crippen molar-refractivity contribution < 1.29 is 24.5 Å². The van der Waals surface area contributed by atoms with Crippen LogP contribution in [0.25, 0.3) is 0 Å². The average molecular weight is 310 g/mol. The maximum Gasteiger partial charge on any atom is 0.311 e. The third-order valence-electron chi connectivity index (χ3n) is 3.49. The number of aliphatic hydroxyl groups is 2. The van der Waals surface area contributed by atoms with Crippen LogP contribution >= 0.6 is 0 Å². The van der Waals surface area contributed by atoms with Crippen molar-refractivity contribution in [2.75, 3.05) is 19.8 Å². The number of esters is 1. The summed E-state index contributed by atoms with van der Waals surface area (Å²) >= 11 is 0. The van der Waals surface area contributed by atoms with Crippen molar-refractivity contribution in [2.24, 2.45) is 5.92 Å². The lowest BCUT2D eigenvalue weighted by atomic mass is 9.91. The minimum absolute atomic E-state index is 0.0295. The van der Waals surface area contributed by atoms with Crippen LogP contribution in [-0.4, -0.2) is 42.1 Å². The van der Waals surface area contributed by atoms with Crippen LogP contribution in [-0.2, 0) is 14.3 Å². The number of hydrogen-bond acceptors (Lipinski definition) is 5. The largest absolute Gasteiger partial charge is 0.466 e. The Hall–Kier alpha value is -1.43. The monoisotopic (exact) mass is 310 g/mol. The molecular formula is C17H26O5. The Kier molecular flexibility index (Phi) is 8.74. The van der Waals surface area contributed by atoms with E-state index in [0.29, 0.717) is 18.4 Å². The molecule has 0 saturated carbocycles. The number of carbonyl (C=O) groups excluding carboxylic acids is 1. The topological polar surface area (TPSA) is 76.0 Å². The Morgan fingerprint density at radius 3 is 2.50 bits per heavy atom. The first-order valence-electron chi connectivity index (χ1n) is 7.72. The lowest BCUT2D eigenvalue weighted by Crippen LogP contribution is -2.26. The SMILES string of the molecule is CCOC(=O)C(CCC(C)OCCO)C(O)c1ccccc1. The van der Waals surface area contributed by atoms with Gasteiger partial charge in [0.25, 0.3) is 0 Å². The zero-order chi connectivity index (χ0) is 16.4. The van der Waals surface area contributed by atoms with Gasteiger partial charge in [-0.25, -0.2) is 0 Å². The molecule has 22 heavy (non-hydrogen) atoms. The van der Waals surface area contributed by atoms with Crippen LogP contribution in [0, 0.1) is 5.92 Å². The first kappa shape index (κ1) is 18.6. The fraction of sp³-hybridized carbons (Fsp3) is 0.588. The number of rotatable bonds is 10. The van der Waals surface area contributed by atoms with Gasteiger partial charge < -0.3 is 19.7 Å². The maximum atomic E-state index is 12.1. The van der Waals surface area contributed by atoms with Crippen molar-refractivity contribution in [2.45, 2.75) is 38.9 Å². The van der Waals surface area contributed by atoms with E-state index in [1.165, 1.54) is 0 Å². The Labute approximate surface area is 131 Å². The quantitative estimate of drug-likeness (QED) is 0.647. The van der Waals surface area contributed by atoms with Crippen LogP contribution < -0.4 is 0 Å². The third kappa shape index (κ3) is 6.13. The fourth-order valence-electron chi connectivity index (χ4n) is 2.29. The number of ether oxygens (including phenoxy) is 2. The van der Waals surface area contributed by atoms with Crippen LogP contribution in [0.2, 0.25) is 0 Å². The summed E-state index contributed by atoms with van der Waals surface area (Å²) in [6, 6.07) is 9.10. The van der Waals surface area contributed by atoms with Gasteiger partial charge in [0.05, 0.1) is 37.9 Å². The minimum atomic E-state index is -0.898. The molecule has 3 atom stereocenters. The molecule has 0 aliphatic carbocycles. The second kappa shape index (κ2) is 10.3. The summed E-state index contributed by atoms with van der Waals surface area (Å²) in [4.78, 5) is 12.1. The maximum absolute atomic E-state index is 12.1. The second-order valence-corrected chi connectivity index (χ2v) is 5.20. The van der Waals surface area contributed by atoms with E-state index in [2.05, 4.69) is 0 Å². The van der Waals surface area contributed by atoms with E-state index >= 15 is 0 Å². The summed E-state index contributed by atoms with van der Waals surface area (Å²) in [6.45, 7) is 4.15. The lowest BCUT2D eigenvalue weighted by molar-refractivity contribution is -0.153. The molecule has 0 radical (unpaired) electrons. The first-order valence-corrected chi connectivity index (χ1v) is 7.72. The molecule has 1 rings (SSSR count). The standard InChI is InChI=1S/C17H26O5/c1-3-21-17(20)15(10-9-13(2)22-12-11-18)16(19)14-7-5-4-6-8-14/h4-8,13,15-16,18-19H,3,9-12H2,1-2H3. The predicted molar refractivity (Wildman–Crippen MR) is 83.3 cm³/mol. The zero-order valence-electron chi connectivity index (χ0n) is 13.3. The zero-order valence-corrected chi connectivity index (χ0v) is 13.3. The molecule has 1 aromatic rings. The van der Waals surface area contributed by atoms with E-state index in [0.717, 1.165) is 0 Å². The van der Waals surface area contributed by atoms with Gasteiger partial charge in [-0.05, 0) is 32.3 Å². The van der Waals surface area contributed by atoms with Crippen molar-refractivity contribution in [3.05, 3.63) is 35.9 Å². The molecule has 0 fully saturated rings. The highest BCUT2D eigenvalue weighted by Crippen LogP contribution is 2.27. The first-order chi connectivity index (χ1) is 10.6. The molecule has 1 aromatic carbocycles. The molecule has 0 aliphatic rings. The average Bonchev–Trinajstić information content (AvgIpc) is 2.54. The molecule has 5 heteroatoms. The van der Waals surface area contributed by atoms with Gasteiger partial charge in [-0.2, -0.15) is 0 Å². The molecule has 0 amide bonds. The highest BCUT2D eigenvalue weighted by molar-refractivity contribution is 5.73. The fourth-order valence-corrected chi connectivity index (χ4v) is 2.29. The number of aliphatic hydroxyl groups excluding tert-OH is 2. The van der Waals surface area contributed by atoms with Gasteiger partial charge in [-0.15, -0.1) is 0 Å². The van der Waals surface area contributed by atoms with Gasteiger partial charge in [0.1, 0.15) is 0 Å². The van der Waals surface area contributed by atoms with Crippen LogP contribution in [0.3, 0.4) is 0 Å². The van der Waals surface area contributed by atoms with Crippen molar-refractivity contribution in [3.8, 4) is 0 Å². The van der Waals surface area contributed by atoms with Crippen LogP contribution in [0.1, 0.15) is 38.4 Å². The van der Waals surface area contributed by atoms with Gasteiger partial charge in [-0.1, -0.05) is 30.3 Å². The Morgan fingerprint density at radius 1 is 1.23 bits per heavy atom. The molecule has 5 nitrogen and oxygen atoms in total. The molecular weight excluding hydrogens is 284 g/mol. The van der Waals surface area contributed by atoms with Gasteiger partial charge in [0.2, 0.25) is 0 Å². The summed E-state index contributed by atoms with van der Waals surface area (Å²) in [5.41, 5.74) is 0.699. The normalized spacial score (nSPS) is 15.1. The summed E-state index contributed by atoms with van der Waals surface area (Å²) in [5.74, 6) is -1.02. The smallest absolute Gasteiger partial charge is 0.311 e. The molecule has 124 valence electrons. The van der Waals surface area contributed by atoms with E-state index in [-0.39, 0.29) is 25.9 Å². The molecule has 0 saturated heterocycles. The minimum Gasteiger partial charge on any atom is -0.466 e. The Morgan fingerprint density at radius 2 is 1.91 bits per heavy atom. The van der Waals surface area contributed by atoms with E-state index in [1.54, 1.807) is 19.1 Å². The van der Waals surface area contributed by atoms with Crippen molar-refractivity contribution in [1.82, 2.24) is 0 Å². The summed E-state index contributed by atoms with van der Waals surface area (Å²) in [5, 5.41) is 19.2.